The van der Waals surface area contributed by atoms with Gasteiger partial charge < -0.3 is 10.2 Å². The molecular formula is C17H24IN3O2S. The van der Waals surface area contributed by atoms with Crippen molar-refractivity contribution in [2.75, 3.05) is 36.0 Å². The summed E-state index contributed by atoms with van der Waals surface area (Å²) >= 11 is 0. The third kappa shape index (κ3) is 4.50. The minimum absolute atomic E-state index is 0. The van der Waals surface area contributed by atoms with E-state index in [9.17, 15) is 8.42 Å². The molecule has 24 heavy (non-hydrogen) atoms. The van der Waals surface area contributed by atoms with E-state index in [1.165, 1.54) is 11.3 Å². The van der Waals surface area contributed by atoms with Crippen molar-refractivity contribution < 1.29 is 8.42 Å². The molecule has 1 N–H and O–H groups in total. The van der Waals surface area contributed by atoms with Crippen molar-refractivity contribution in [1.29, 1.82) is 0 Å². The number of halogens is 1. The van der Waals surface area contributed by atoms with Crippen LogP contribution in [0.25, 0.3) is 0 Å². The highest BCUT2D eigenvalue weighted by molar-refractivity contribution is 14.0. The molecule has 5 nitrogen and oxygen atoms in total. The molecule has 0 spiro atoms. The summed E-state index contributed by atoms with van der Waals surface area (Å²) in [6.45, 7) is 5.83. The lowest BCUT2D eigenvalue weighted by molar-refractivity contribution is 0.590. The van der Waals surface area contributed by atoms with E-state index in [-0.39, 0.29) is 35.6 Å². The summed E-state index contributed by atoms with van der Waals surface area (Å²) in [5, 5.41) is 3.31. The molecule has 3 rings (SSSR count). The Morgan fingerprint density at radius 3 is 2.92 bits per heavy atom. The van der Waals surface area contributed by atoms with Crippen LogP contribution in [0.3, 0.4) is 0 Å². The van der Waals surface area contributed by atoms with Crippen molar-refractivity contribution in [2.24, 2.45) is 10.9 Å². The van der Waals surface area contributed by atoms with Gasteiger partial charge in [0.25, 0.3) is 0 Å². The number of nitrogens with one attached hydrogen (secondary N) is 1. The fraction of sp³-hybridized carbons (Fsp3) is 0.471. The standard InChI is InChI=1S/C17H23N3O2S.HI/c1-2-9-18-17(19-12-14-8-11-23(21,22)13-14)20-10-7-15-5-3-4-6-16(15)20;/h2-6,14H,1,7-13H2,(H,18,19);1H. The predicted octanol–water partition coefficient (Wildman–Crippen LogP) is 2.23. The monoisotopic (exact) mass is 461 g/mol. The Balaban J connectivity index is 0.00000208. The number of hydrogen-bond donors (Lipinski definition) is 1. The smallest absolute Gasteiger partial charge is 0.198 e. The van der Waals surface area contributed by atoms with E-state index in [1.807, 2.05) is 6.07 Å². The zero-order valence-electron chi connectivity index (χ0n) is 13.6. The van der Waals surface area contributed by atoms with Crippen LogP contribution in [0.5, 0.6) is 0 Å². The van der Waals surface area contributed by atoms with Crippen LogP contribution in [0.2, 0.25) is 0 Å². The zero-order valence-corrected chi connectivity index (χ0v) is 16.8. The number of aliphatic imine (C=N–C) groups is 1. The SMILES string of the molecule is C=CCNC(=NCC1CCS(=O)(=O)C1)N1CCc2ccccc21.I. The Hall–Kier alpha value is -1.09. The van der Waals surface area contributed by atoms with Gasteiger partial charge in [-0.3, -0.25) is 4.99 Å². The van der Waals surface area contributed by atoms with E-state index < -0.39 is 9.84 Å². The van der Waals surface area contributed by atoms with Gasteiger partial charge in [-0.15, -0.1) is 30.6 Å². The molecule has 1 unspecified atom stereocenters. The summed E-state index contributed by atoms with van der Waals surface area (Å²) in [6.07, 6.45) is 3.53. The van der Waals surface area contributed by atoms with E-state index >= 15 is 0 Å². The molecular weight excluding hydrogens is 437 g/mol. The molecule has 7 heteroatoms. The zero-order chi connectivity index (χ0) is 16.3. The van der Waals surface area contributed by atoms with E-state index in [4.69, 9.17) is 4.99 Å². The number of para-hydroxylation sites is 1. The van der Waals surface area contributed by atoms with Crippen molar-refractivity contribution in [3.63, 3.8) is 0 Å². The molecule has 2 aliphatic rings. The van der Waals surface area contributed by atoms with Crippen LogP contribution >= 0.6 is 24.0 Å². The molecule has 0 amide bonds. The van der Waals surface area contributed by atoms with Gasteiger partial charge in [-0.25, -0.2) is 8.42 Å². The third-order valence-electron chi connectivity index (χ3n) is 4.37. The molecule has 2 aliphatic heterocycles. The lowest BCUT2D eigenvalue weighted by Gasteiger charge is -2.22. The van der Waals surface area contributed by atoms with Crippen LogP contribution in [0.15, 0.2) is 41.9 Å². The summed E-state index contributed by atoms with van der Waals surface area (Å²) in [5.74, 6) is 1.52. The second-order valence-electron chi connectivity index (χ2n) is 6.13. The number of anilines is 1. The van der Waals surface area contributed by atoms with E-state index in [2.05, 4.69) is 35.0 Å². The van der Waals surface area contributed by atoms with Crippen LogP contribution in [0.4, 0.5) is 5.69 Å². The van der Waals surface area contributed by atoms with Crippen LogP contribution in [0, 0.1) is 5.92 Å². The van der Waals surface area contributed by atoms with Gasteiger partial charge in [0.15, 0.2) is 15.8 Å². The summed E-state index contributed by atoms with van der Waals surface area (Å²) in [7, 11) is -2.85. The minimum atomic E-state index is -2.85. The van der Waals surface area contributed by atoms with Gasteiger partial charge in [-0.05, 0) is 30.4 Å². The molecule has 0 aromatic heterocycles. The summed E-state index contributed by atoms with van der Waals surface area (Å²) in [6, 6.07) is 8.34. The van der Waals surface area contributed by atoms with Gasteiger partial charge in [-0.1, -0.05) is 24.3 Å². The molecule has 132 valence electrons. The molecule has 1 aromatic rings. The van der Waals surface area contributed by atoms with Crippen LogP contribution in [0.1, 0.15) is 12.0 Å². The van der Waals surface area contributed by atoms with Gasteiger partial charge in [0.05, 0.1) is 11.5 Å². The Kier molecular flexibility index (Phi) is 6.68. The molecule has 0 bridgehead atoms. The second kappa shape index (κ2) is 8.33. The average Bonchev–Trinajstić information content (AvgIpc) is 3.11. The van der Waals surface area contributed by atoms with E-state index in [0.717, 1.165) is 25.3 Å². The Bertz CT molecular complexity index is 718. The first kappa shape index (κ1) is 19.2. The normalized spacial score (nSPS) is 21.9. The lowest BCUT2D eigenvalue weighted by Crippen LogP contribution is -2.41. The van der Waals surface area contributed by atoms with Gasteiger partial charge >= 0.3 is 0 Å². The van der Waals surface area contributed by atoms with Gasteiger partial charge in [0.2, 0.25) is 0 Å². The van der Waals surface area contributed by atoms with Crippen LogP contribution in [-0.4, -0.2) is 45.5 Å². The number of hydrogen-bond acceptors (Lipinski definition) is 3. The Labute approximate surface area is 161 Å². The molecule has 0 radical (unpaired) electrons. The third-order valence-corrected chi connectivity index (χ3v) is 6.21. The largest absolute Gasteiger partial charge is 0.352 e. The number of benzene rings is 1. The van der Waals surface area contributed by atoms with Crippen molar-refractivity contribution in [2.45, 2.75) is 12.8 Å². The van der Waals surface area contributed by atoms with Crippen molar-refractivity contribution >= 4 is 45.5 Å². The number of rotatable bonds is 4. The maximum absolute atomic E-state index is 11.6. The van der Waals surface area contributed by atoms with Crippen LogP contribution in [-0.2, 0) is 16.3 Å². The van der Waals surface area contributed by atoms with Crippen molar-refractivity contribution in [3.8, 4) is 0 Å². The van der Waals surface area contributed by atoms with Crippen molar-refractivity contribution in [1.82, 2.24) is 5.32 Å². The predicted molar refractivity (Wildman–Crippen MR) is 110 cm³/mol. The highest BCUT2D eigenvalue weighted by Gasteiger charge is 2.28. The minimum Gasteiger partial charge on any atom is -0.352 e. The fourth-order valence-corrected chi connectivity index (χ4v) is 5.04. The fourth-order valence-electron chi connectivity index (χ4n) is 3.19. The topological polar surface area (TPSA) is 61.8 Å². The Morgan fingerprint density at radius 2 is 2.21 bits per heavy atom. The summed E-state index contributed by atoms with van der Waals surface area (Å²) in [4.78, 5) is 6.89. The number of guanidine groups is 1. The van der Waals surface area contributed by atoms with E-state index in [1.54, 1.807) is 6.08 Å². The number of fused-ring (bicyclic) bond motifs is 1. The van der Waals surface area contributed by atoms with Gasteiger partial charge in [-0.2, -0.15) is 0 Å². The molecule has 2 heterocycles. The van der Waals surface area contributed by atoms with E-state index in [0.29, 0.717) is 18.8 Å². The molecule has 1 saturated heterocycles. The average molecular weight is 461 g/mol. The summed E-state index contributed by atoms with van der Waals surface area (Å²) < 4.78 is 23.2. The first-order valence-corrected chi connectivity index (χ1v) is 9.86. The second-order valence-corrected chi connectivity index (χ2v) is 8.36. The highest BCUT2D eigenvalue weighted by Crippen LogP contribution is 2.27. The molecule has 1 fully saturated rings. The summed E-state index contributed by atoms with van der Waals surface area (Å²) in [5.41, 5.74) is 2.51. The number of nitrogens with zero attached hydrogens (tertiary/aromatic N) is 2. The number of sulfone groups is 1. The molecule has 1 aromatic carbocycles. The molecule has 0 aliphatic carbocycles. The Morgan fingerprint density at radius 1 is 1.42 bits per heavy atom. The maximum atomic E-state index is 11.6. The first-order chi connectivity index (χ1) is 11.1. The maximum Gasteiger partial charge on any atom is 0.198 e. The lowest BCUT2D eigenvalue weighted by atomic mass is 10.1. The van der Waals surface area contributed by atoms with Crippen LogP contribution < -0.4 is 10.2 Å². The molecule has 1 atom stereocenters. The quantitative estimate of drug-likeness (QED) is 0.324. The molecule has 0 saturated carbocycles. The first-order valence-electron chi connectivity index (χ1n) is 8.04. The van der Waals surface area contributed by atoms with Gasteiger partial charge in [0, 0.05) is 25.3 Å². The highest BCUT2D eigenvalue weighted by atomic mass is 127. The van der Waals surface area contributed by atoms with Crippen molar-refractivity contribution in [3.05, 3.63) is 42.5 Å². The van der Waals surface area contributed by atoms with Gasteiger partial charge in [0.1, 0.15) is 0 Å².